The number of hydrogen-bond acceptors (Lipinski definition) is 2. The second kappa shape index (κ2) is 5.97. The molecule has 0 aliphatic heterocycles. The molecule has 0 saturated heterocycles. The van der Waals surface area contributed by atoms with Crippen molar-refractivity contribution in [3.63, 3.8) is 0 Å². The first-order chi connectivity index (χ1) is 6.02. The summed E-state index contributed by atoms with van der Waals surface area (Å²) in [7, 11) is 2.11. The molecule has 1 atom stereocenters. The molecule has 0 bridgehead atoms. The van der Waals surface area contributed by atoms with Gasteiger partial charge < -0.3 is 10.6 Å². The molecule has 0 heterocycles. The van der Waals surface area contributed by atoms with E-state index in [1.54, 1.807) is 0 Å². The molecule has 0 radical (unpaired) electrons. The van der Waals surface area contributed by atoms with Crippen molar-refractivity contribution in [3.8, 4) is 0 Å². The number of rotatable bonds is 6. The Balaban J connectivity index is 3.96. The fourth-order valence-electron chi connectivity index (χ4n) is 1.59. The molecular weight excluding hydrogens is 162 g/mol. The molecule has 3 heteroatoms. The lowest BCUT2D eigenvalue weighted by Crippen LogP contribution is -2.37. The van der Waals surface area contributed by atoms with Crippen molar-refractivity contribution in [1.29, 1.82) is 5.41 Å². The van der Waals surface area contributed by atoms with Gasteiger partial charge in [0.05, 0.1) is 5.84 Å². The molecule has 0 rings (SSSR count). The minimum absolute atomic E-state index is 0.172. The molecule has 0 aliphatic carbocycles. The lowest BCUT2D eigenvalue weighted by molar-refractivity contribution is 0.217. The highest BCUT2D eigenvalue weighted by Gasteiger charge is 2.14. The molecule has 0 aromatic carbocycles. The van der Waals surface area contributed by atoms with E-state index in [2.05, 4.69) is 25.8 Å². The van der Waals surface area contributed by atoms with Gasteiger partial charge in [-0.25, -0.2) is 0 Å². The van der Waals surface area contributed by atoms with Gasteiger partial charge in [0.1, 0.15) is 0 Å². The molecule has 13 heavy (non-hydrogen) atoms. The Labute approximate surface area is 81.8 Å². The largest absolute Gasteiger partial charge is 0.387 e. The van der Waals surface area contributed by atoms with Gasteiger partial charge in [0, 0.05) is 18.5 Å². The van der Waals surface area contributed by atoms with E-state index >= 15 is 0 Å². The topological polar surface area (TPSA) is 53.1 Å². The minimum Gasteiger partial charge on any atom is -0.387 e. The third-order valence-corrected chi connectivity index (χ3v) is 2.66. The zero-order chi connectivity index (χ0) is 10.4. The van der Waals surface area contributed by atoms with Crippen LogP contribution in [-0.2, 0) is 0 Å². The molecule has 1 unspecified atom stereocenters. The number of nitrogens with one attached hydrogen (secondary N) is 1. The molecule has 3 nitrogen and oxygen atoms in total. The Hall–Kier alpha value is -0.570. The fraction of sp³-hybridized carbons (Fsp3) is 0.900. The van der Waals surface area contributed by atoms with Crippen LogP contribution >= 0.6 is 0 Å². The standard InChI is InChI=1S/C10H23N3/c1-5-9(6-2)13(4)7-8(3)10(11)12/h8-9H,5-7H2,1-4H3,(H3,11,12). The summed E-state index contributed by atoms with van der Waals surface area (Å²) in [6.45, 7) is 7.29. The lowest BCUT2D eigenvalue weighted by atomic mass is 10.1. The molecule has 0 aromatic rings. The summed E-state index contributed by atoms with van der Waals surface area (Å²) >= 11 is 0. The van der Waals surface area contributed by atoms with Crippen LogP contribution in [0.4, 0.5) is 0 Å². The number of hydrogen-bond donors (Lipinski definition) is 2. The second-order valence-electron chi connectivity index (χ2n) is 3.77. The van der Waals surface area contributed by atoms with Crippen LogP contribution in [0, 0.1) is 11.3 Å². The fourth-order valence-corrected chi connectivity index (χ4v) is 1.59. The first kappa shape index (κ1) is 12.4. The van der Waals surface area contributed by atoms with Gasteiger partial charge >= 0.3 is 0 Å². The van der Waals surface area contributed by atoms with Crippen molar-refractivity contribution >= 4 is 5.84 Å². The highest BCUT2D eigenvalue weighted by molar-refractivity contribution is 5.79. The zero-order valence-electron chi connectivity index (χ0n) is 9.30. The van der Waals surface area contributed by atoms with Crippen LogP contribution in [0.1, 0.15) is 33.6 Å². The van der Waals surface area contributed by atoms with E-state index in [1.165, 1.54) is 0 Å². The van der Waals surface area contributed by atoms with E-state index in [-0.39, 0.29) is 11.8 Å². The normalized spacial score (nSPS) is 13.7. The van der Waals surface area contributed by atoms with E-state index in [0.29, 0.717) is 6.04 Å². The van der Waals surface area contributed by atoms with Gasteiger partial charge in [0.15, 0.2) is 0 Å². The monoisotopic (exact) mass is 185 g/mol. The van der Waals surface area contributed by atoms with Crippen molar-refractivity contribution in [3.05, 3.63) is 0 Å². The average molecular weight is 185 g/mol. The zero-order valence-corrected chi connectivity index (χ0v) is 9.30. The van der Waals surface area contributed by atoms with Crippen molar-refractivity contribution in [2.45, 2.75) is 39.7 Å². The quantitative estimate of drug-likeness (QED) is 0.488. The number of nitrogens with zero attached hydrogens (tertiary/aromatic N) is 1. The maximum Gasteiger partial charge on any atom is 0.0947 e. The third-order valence-electron chi connectivity index (χ3n) is 2.66. The van der Waals surface area contributed by atoms with Crippen molar-refractivity contribution < 1.29 is 0 Å². The van der Waals surface area contributed by atoms with E-state index in [9.17, 15) is 0 Å². The average Bonchev–Trinajstić information content (AvgIpc) is 2.06. The third kappa shape index (κ3) is 4.27. The summed E-state index contributed by atoms with van der Waals surface area (Å²) in [4.78, 5) is 2.30. The predicted molar refractivity (Wildman–Crippen MR) is 58.1 cm³/mol. The minimum atomic E-state index is 0.172. The van der Waals surface area contributed by atoms with Gasteiger partial charge in [-0.15, -0.1) is 0 Å². The number of amidine groups is 1. The van der Waals surface area contributed by atoms with Crippen LogP contribution < -0.4 is 5.73 Å². The lowest BCUT2D eigenvalue weighted by Gasteiger charge is -2.28. The van der Waals surface area contributed by atoms with E-state index in [0.717, 1.165) is 19.4 Å². The van der Waals surface area contributed by atoms with Crippen LogP contribution in [-0.4, -0.2) is 30.4 Å². The van der Waals surface area contributed by atoms with Crippen LogP contribution in [0.2, 0.25) is 0 Å². The van der Waals surface area contributed by atoms with Crippen LogP contribution in [0.15, 0.2) is 0 Å². The van der Waals surface area contributed by atoms with Crippen molar-refractivity contribution in [2.75, 3.05) is 13.6 Å². The Morgan fingerprint density at radius 2 is 1.85 bits per heavy atom. The molecular formula is C10H23N3. The predicted octanol–water partition coefficient (Wildman–Crippen LogP) is 1.68. The van der Waals surface area contributed by atoms with E-state index in [4.69, 9.17) is 11.1 Å². The number of nitrogens with two attached hydrogens (primary N) is 1. The van der Waals surface area contributed by atoms with Crippen LogP contribution in [0.3, 0.4) is 0 Å². The van der Waals surface area contributed by atoms with Crippen LogP contribution in [0.25, 0.3) is 0 Å². The highest BCUT2D eigenvalue weighted by Crippen LogP contribution is 2.08. The molecule has 0 amide bonds. The smallest absolute Gasteiger partial charge is 0.0947 e. The molecule has 0 spiro atoms. The molecule has 0 fully saturated rings. The summed E-state index contributed by atoms with van der Waals surface area (Å²) in [5.74, 6) is 0.461. The molecule has 3 N–H and O–H groups in total. The maximum atomic E-state index is 7.30. The van der Waals surface area contributed by atoms with Crippen molar-refractivity contribution in [2.24, 2.45) is 11.7 Å². The van der Waals surface area contributed by atoms with Gasteiger partial charge in [0.25, 0.3) is 0 Å². The van der Waals surface area contributed by atoms with Gasteiger partial charge in [-0.1, -0.05) is 20.8 Å². The van der Waals surface area contributed by atoms with Gasteiger partial charge in [-0.2, -0.15) is 0 Å². The van der Waals surface area contributed by atoms with Gasteiger partial charge in [-0.3, -0.25) is 5.41 Å². The Bertz CT molecular complexity index is 152. The summed E-state index contributed by atoms with van der Waals surface area (Å²) < 4.78 is 0. The molecule has 0 saturated carbocycles. The van der Waals surface area contributed by atoms with Gasteiger partial charge in [-0.05, 0) is 19.9 Å². The molecule has 78 valence electrons. The highest BCUT2D eigenvalue weighted by atomic mass is 15.1. The SMILES string of the molecule is CCC(CC)N(C)CC(C)C(=N)N. The Morgan fingerprint density at radius 1 is 1.38 bits per heavy atom. The first-order valence-electron chi connectivity index (χ1n) is 5.07. The maximum absolute atomic E-state index is 7.30. The summed E-state index contributed by atoms with van der Waals surface area (Å²) in [6, 6.07) is 0.627. The first-order valence-corrected chi connectivity index (χ1v) is 5.07. The van der Waals surface area contributed by atoms with E-state index in [1.807, 2.05) is 6.92 Å². The molecule has 0 aromatic heterocycles. The van der Waals surface area contributed by atoms with Crippen LogP contribution in [0.5, 0.6) is 0 Å². The summed E-state index contributed by atoms with van der Waals surface area (Å²) in [5.41, 5.74) is 5.42. The Morgan fingerprint density at radius 3 is 2.15 bits per heavy atom. The van der Waals surface area contributed by atoms with Gasteiger partial charge in [0.2, 0.25) is 0 Å². The molecule has 0 aliphatic rings. The summed E-state index contributed by atoms with van der Waals surface area (Å²) in [6.07, 6.45) is 2.33. The Kier molecular flexibility index (Phi) is 5.71. The van der Waals surface area contributed by atoms with Crippen molar-refractivity contribution in [1.82, 2.24) is 4.90 Å². The second-order valence-corrected chi connectivity index (χ2v) is 3.77. The summed E-state index contributed by atoms with van der Waals surface area (Å²) in [5, 5.41) is 7.30. The van der Waals surface area contributed by atoms with E-state index < -0.39 is 0 Å².